The van der Waals surface area contributed by atoms with Gasteiger partial charge in [-0.05, 0) is 50.2 Å². The zero-order chi connectivity index (χ0) is 19.8. The summed E-state index contributed by atoms with van der Waals surface area (Å²) in [5.41, 5.74) is 2.19. The Balaban J connectivity index is 1.80. The molecule has 0 aliphatic carbocycles. The molecule has 0 radical (unpaired) electrons. The van der Waals surface area contributed by atoms with Gasteiger partial charge in [0, 0.05) is 5.69 Å². The molecule has 2 aromatic carbocycles. The van der Waals surface area contributed by atoms with Crippen LogP contribution in [0.4, 0.5) is 5.69 Å². The van der Waals surface area contributed by atoms with Crippen LogP contribution in [0.25, 0.3) is 0 Å². The van der Waals surface area contributed by atoms with E-state index in [1.165, 1.54) is 43.1 Å². The molecule has 2 rings (SSSR count). The van der Waals surface area contributed by atoms with Crippen LogP contribution in [0.2, 0.25) is 0 Å². The smallest absolute Gasteiger partial charge is 0.337 e. The van der Waals surface area contributed by atoms with Gasteiger partial charge in [0.15, 0.2) is 0 Å². The summed E-state index contributed by atoms with van der Waals surface area (Å²) >= 11 is 1.19. The molecule has 1 atom stereocenters. The number of carbonyl (C=O) groups is 3. The van der Waals surface area contributed by atoms with Gasteiger partial charge in [0.05, 0.1) is 18.4 Å². The summed E-state index contributed by atoms with van der Waals surface area (Å²) in [5, 5.41) is 2.26. The van der Waals surface area contributed by atoms with Crippen LogP contribution in [0, 0.1) is 6.92 Å². The molecule has 0 aliphatic rings. The Morgan fingerprint density at radius 2 is 1.67 bits per heavy atom. The lowest BCUT2D eigenvalue weighted by Gasteiger charge is -2.11. The number of carbonyl (C=O) groups excluding carboxylic acids is 3. The molecule has 0 aromatic heterocycles. The molecule has 0 heterocycles. The topological polar surface area (TPSA) is 81.7 Å². The SMILES string of the molecule is COC(=O)c1ccc(OC(=O)[C@@H](C)SCC(=O)Nc2ccc(C)cc2)cc1. The monoisotopic (exact) mass is 387 g/mol. The van der Waals surface area contributed by atoms with Gasteiger partial charge in [0.25, 0.3) is 0 Å². The van der Waals surface area contributed by atoms with E-state index in [1.807, 2.05) is 31.2 Å². The van der Waals surface area contributed by atoms with E-state index in [2.05, 4.69) is 10.1 Å². The third kappa shape index (κ3) is 6.45. The molecule has 0 spiro atoms. The number of benzene rings is 2. The van der Waals surface area contributed by atoms with E-state index in [-0.39, 0.29) is 11.7 Å². The van der Waals surface area contributed by atoms with Gasteiger partial charge in [-0.2, -0.15) is 0 Å². The number of esters is 2. The van der Waals surface area contributed by atoms with Gasteiger partial charge in [-0.15, -0.1) is 11.8 Å². The first-order valence-electron chi connectivity index (χ1n) is 8.27. The number of hydrogen-bond acceptors (Lipinski definition) is 6. The highest BCUT2D eigenvalue weighted by Gasteiger charge is 2.18. The van der Waals surface area contributed by atoms with E-state index in [0.717, 1.165) is 5.56 Å². The quantitative estimate of drug-likeness (QED) is 0.579. The van der Waals surface area contributed by atoms with E-state index in [9.17, 15) is 14.4 Å². The van der Waals surface area contributed by atoms with Crippen molar-refractivity contribution >= 4 is 35.3 Å². The molecular formula is C20H21NO5S. The van der Waals surface area contributed by atoms with Crippen molar-refractivity contribution in [3.63, 3.8) is 0 Å². The van der Waals surface area contributed by atoms with Crippen LogP contribution < -0.4 is 10.1 Å². The average molecular weight is 387 g/mol. The van der Waals surface area contributed by atoms with Crippen molar-refractivity contribution in [2.24, 2.45) is 0 Å². The summed E-state index contributed by atoms with van der Waals surface area (Å²) in [6.07, 6.45) is 0. The predicted octanol–water partition coefficient (Wildman–Crippen LogP) is 3.45. The number of nitrogens with one attached hydrogen (secondary N) is 1. The molecule has 0 saturated carbocycles. The minimum Gasteiger partial charge on any atom is -0.465 e. The van der Waals surface area contributed by atoms with Gasteiger partial charge in [0.1, 0.15) is 11.0 Å². The van der Waals surface area contributed by atoms with Gasteiger partial charge in [-0.1, -0.05) is 17.7 Å². The largest absolute Gasteiger partial charge is 0.465 e. The van der Waals surface area contributed by atoms with Gasteiger partial charge in [0.2, 0.25) is 5.91 Å². The second-order valence-corrected chi connectivity index (χ2v) is 7.13. The van der Waals surface area contributed by atoms with E-state index in [0.29, 0.717) is 17.0 Å². The molecule has 142 valence electrons. The number of aryl methyl sites for hydroxylation is 1. The number of ether oxygens (including phenoxy) is 2. The molecule has 2 aromatic rings. The standard InChI is InChI=1S/C20H21NO5S/c1-13-4-8-16(9-5-13)21-18(22)12-27-14(2)19(23)26-17-10-6-15(7-11-17)20(24)25-3/h4-11,14H,12H2,1-3H3,(H,21,22)/t14-/m1/s1. The number of anilines is 1. The highest BCUT2D eigenvalue weighted by molar-refractivity contribution is 8.01. The van der Waals surface area contributed by atoms with Crippen molar-refractivity contribution in [2.75, 3.05) is 18.2 Å². The van der Waals surface area contributed by atoms with Crippen LogP contribution in [0.5, 0.6) is 5.75 Å². The first-order chi connectivity index (χ1) is 12.9. The molecule has 27 heavy (non-hydrogen) atoms. The first-order valence-corrected chi connectivity index (χ1v) is 9.32. The molecular weight excluding hydrogens is 366 g/mol. The van der Waals surface area contributed by atoms with E-state index in [1.54, 1.807) is 6.92 Å². The summed E-state index contributed by atoms with van der Waals surface area (Å²) in [4.78, 5) is 35.5. The first kappa shape index (κ1) is 20.5. The number of hydrogen-bond donors (Lipinski definition) is 1. The van der Waals surface area contributed by atoms with E-state index >= 15 is 0 Å². The summed E-state index contributed by atoms with van der Waals surface area (Å²) < 4.78 is 9.87. The highest BCUT2D eigenvalue weighted by atomic mass is 32.2. The zero-order valence-electron chi connectivity index (χ0n) is 15.4. The molecule has 1 N–H and O–H groups in total. The van der Waals surface area contributed by atoms with Crippen LogP contribution in [-0.2, 0) is 14.3 Å². The number of thioether (sulfide) groups is 1. The lowest BCUT2D eigenvalue weighted by molar-refractivity contribution is -0.133. The van der Waals surface area contributed by atoms with E-state index < -0.39 is 17.2 Å². The zero-order valence-corrected chi connectivity index (χ0v) is 16.2. The Morgan fingerprint density at radius 3 is 2.26 bits per heavy atom. The van der Waals surface area contributed by atoms with Crippen molar-refractivity contribution < 1.29 is 23.9 Å². The van der Waals surface area contributed by atoms with E-state index in [4.69, 9.17) is 4.74 Å². The number of rotatable bonds is 7. The summed E-state index contributed by atoms with van der Waals surface area (Å²) in [6.45, 7) is 3.65. The Morgan fingerprint density at radius 1 is 1.04 bits per heavy atom. The normalized spacial score (nSPS) is 11.4. The molecule has 7 heteroatoms. The fourth-order valence-corrected chi connectivity index (χ4v) is 2.74. The van der Waals surface area contributed by atoms with Crippen LogP contribution >= 0.6 is 11.8 Å². The van der Waals surface area contributed by atoms with Crippen molar-refractivity contribution in [1.82, 2.24) is 0 Å². The Bertz CT molecular complexity index is 802. The Labute approximate surface area is 162 Å². The predicted molar refractivity (Wildman–Crippen MR) is 105 cm³/mol. The highest BCUT2D eigenvalue weighted by Crippen LogP contribution is 2.18. The number of methoxy groups -OCH3 is 1. The molecule has 0 bridgehead atoms. The van der Waals surface area contributed by atoms with Gasteiger partial charge in [-0.3, -0.25) is 9.59 Å². The van der Waals surface area contributed by atoms with Gasteiger partial charge < -0.3 is 14.8 Å². The van der Waals surface area contributed by atoms with Crippen LogP contribution in [0.15, 0.2) is 48.5 Å². The lowest BCUT2D eigenvalue weighted by atomic mass is 10.2. The molecule has 0 fully saturated rings. The van der Waals surface area contributed by atoms with Gasteiger partial charge in [-0.25, -0.2) is 4.79 Å². The summed E-state index contributed by atoms with van der Waals surface area (Å²) in [7, 11) is 1.30. The third-order valence-corrected chi connectivity index (χ3v) is 4.75. The molecule has 6 nitrogen and oxygen atoms in total. The second kappa shape index (κ2) is 9.78. The fourth-order valence-electron chi connectivity index (χ4n) is 2.08. The fraction of sp³-hybridized carbons (Fsp3) is 0.250. The second-order valence-electron chi connectivity index (χ2n) is 5.80. The van der Waals surface area contributed by atoms with Crippen LogP contribution in [-0.4, -0.2) is 36.0 Å². The summed E-state index contributed by atoms with van der Waals surface area (Å²) in [6, 6.07) is 13.5. The maximum absolute atomic E-state index is 12.1. The molecule has 0 saturated heterocycles. The minimum atomic E-state index is -0.519. The molecule has 1 amide bonds. The van der Waals surface area contributed by atoms with Crippen LogP contribution in [0.1, 0.15) is 22.8 Å². The average Bonchev–Trinajstić information content (AvgIpc) is 2.67. The maximum Gasteiger partial charge on any atom is 0.337 e. The van der Waals surface area contributed by atoms with Crippen molar-refractivity contribution in [3.8, 4) is 5.75 Å². The molecule has 0 unspecified atom stereocenters. The van der Waals surface area contributed by atoms with Crippen molar-refractivity contribution in [1.29, 1.82) is 0 Å². The van der Waals surface area contributed by atoms with Crippen LogP contribution in [0.3, 0.4) is 0 Å². The number of amides is 1. The maximum atomic E-state index is 12.1. The minimum absolute atomic E-state index is 0.130. The van der Waals surface area contributed by atoms with Crippen molar-refractivity contribution in [2.45, 2.75) is 19.1 Å². The lowest BCUT2D eigenvalue weighted by Crippen LogP contribution is -2.23. The molecule has 0 aliphatic heterocycles. The van der Waals surface area contributed by atoms with Gasteiger partial charge >= 0.3 is 11.9 Å². The third-order valence-electron chi connectivity index (χ3n) is 3.63. The summed E-state index contributed by atoms with van der Waals surface area (Å²) in [5.74, 6) is -0.661. The van der Waals surface area contributed by atoms with Crippen molar-refractivity contribution in [3.05, 3.63) is 59.7 Å². The Hall–Kier alpha value is -2.80. The Kier molecular flexibility index (Phi) is 7.43.